The van der Waals surface area contributed by atoms with E-state index in [0.29, 0.717) is 19.8 Å². The third-order valence-corrected chi connectivity index (χ3v) is 3.30. The van der Waals surface area contributed by atoms with Gasteiger partial charge >= 0.3 is 6.03 Å². The molecule has 0 unspecified atom stereocenters. The molecule has 5 nitrogen and oxygen atoms in total. The number of para-hydroxylation sites is 1. The topological polar surface area (TPSA) is 59.6 Å². The van der Waals surface area contributed by atoms with Crippen LogP contribution in [0.25, 0.3) is 0 Å². The fourth-order valence-electron chi connectivity index (χ4n) is 2.20. The fourth-order valence-corrected chi connectivity index (χ4v) is 2.20. The number of fused-ring (bicyclic) bond motifs is 1. The molecule has 0 spiro atoms. The van der Waals surface area contributed by atoms with E-state index in [1.807, 2.05) is 48.5 Å². The average Bonchev–Trinajstić information content (AvgIpc) is 2.78. The molecule has 0 aromatic heterocycles. The first-order valence-electron chi connectivity index (χ1n) is 7.30. The van der Waals surface area contributed by atoms with E-state index < -0.39 is 0 Å². The normalized spacial score (nSPS) is 13.1. The van der Waals surface area contributed by atoms with Crippen LogP contribution in [-0.4, -0.2) is 19.2 Å². The Morgan fingerprint density at radius 1 is 1.00 bits per heavy atom. The second-order valence-electron chi connectivity index (χ2n) is 5.01. The molecule has 0 saturated heterocycles. The highest BCUT2D eigenvalue weighted by Gasteiger charge is 2.11. The summed E-state index contributed by atoms with van der Waals surface area (Å²) >= 11 is 0. The monoisotopic (exact) mass is 298 g/mol. The van der Waals surface area contributed by atoms with Gasteiger partial charge in [-0.25, -0.2) is 4.79 Å². The summed E-state index contributed by atoms with van der Waals surface area (Å²) in [6, 6.07) is 14.8. The van der Waals surface area contributed by atoms with Crippen molar-refractivity contribution in [1.82, 2.24) is 5.32 Å². The van der Waals surface area contributed by atoms with E-state index in [2.05, 4.69) is 10.6 Å². The Kier molecular flexibility index (Phi) is 4.44. The van der Waals surface area contributed by atoms with E-state index in [1.54, 1.807) is 0 Å². The second-order valence-corrected chi connectivity index (χ2v) is 5.01. The van der Waals surface area contributed by atoms with Gasteiger partial charge in [-0.1, -0.05) is 24.3 Å². The Morgan fingerprint density at radius 3 is 2.59 bits per heavy atom. The number of benzene rings is 2. The number of hydrogen-bond acceptors (Lipinski definition) is 3. The molecule has 0 aliphatic carbocycles. The van der Waals surface area contributed by atoms with Crippen LogP contribution in [0.4, 0.5) is 10.5 Å². The second kappa shape index (κ2) is 6.85. The average molecular weight is 298 g/mol. The third-order valence-electron chi connectivity index (χ3n) is 3.30. The van der Waals surface area contributed by atoms with Gasteiger partial charge in [0.1, 0.15) is 0 Å². The van der Waals surface area contributed by atoms with Crippen LogP contribution in [0.1, 0.15) is 12.0 Å². The molecule has 2 aromatic carbocycles. The summed E-state index contributed by atoms with van der Waals surface area (Å²) in [5.74, 6) is 1.50. The van der Waals surface area contributed by atoms with Gasteiger partial charge in [-0.05, 0) is 29.8 Å². The molecule has 0 atom stereocenters. The maximum Gasteiger partial charge on any atom is 0.319 e. The number of urea groups is 1. The van der Waals surface area contributed by atoms with Crippen molar-refractivity contribution < 1.29 is 14.3 Å². The Labute approximate surface area is 129 Å². The molecule has 0 fully saturated rings. The van der Waals surface area contributed by atoms with Crippen molar-refractivity contribution in [2.24, 2.45) is 0 Å². The molecule has 1 heterocycles. The molecule has 2 aromatic rings. The van der Waals surface area contributed by atoms with E-state index >= 15 is 0 Å². The van der Waals surface area contributed by atoms with Crippen LogP contribution >= 0.6 is 0 Å². The van der Waals surface area contributed by atoms with Gasteiger partial charge in [0.2, 0.25) is 0 Å². The third kappa shape index (κ3) is 3.69. The van der Waals surface area contributed by atoms with Gasteiger partial charge in [-0.15, -0.1) is 0 Å². The number of hydrogen-bond donors (Lipinski definition) is 2. The minimum Gasteiger partial charge on any atom is -0.490 e. The highest BCUT2D eigenvalue weighted by molar-refractivity contribution is 5.89. The fraction of sp³-hybridized carbons (Fsp3) is 0.235. The van der Waals surface area contributed by atoms with E-state index in [-0.39, 0.29) is 6.03 Å². The number of ether oxygens (including phenoxy) is 2. The van der Waals surface area contributed by atoms with Gasteiger partial charge in [0.15, 0.2) is 11.5 Å². The molecule has 1 aliphatic heterocycles. The molecular formula is C17H18N2O3. The molecule has 0 saturated carbocycles. The first-order valence-corrected chi connectivity index (χ1v) is 7.30. The Bertz CT molecular complexity index is 644. The number of carbonyl (C=O) groups is 1. The largest absolute Gasteiger partial charge is 0.490 e. The van der Waals surface area contributed by atoms with Crippen LogP contribution in [0.15, 0.2) is 48.5 Å². The first kappa shape index (κ1) is 14.3. The van der Waals surface area contributed by atoms with Crippen molar-refractivity contribution in [3.8, 4) is 11.5 Å². The maximum absolute atomic E-state index is 11.9. The Balaban J connectivity index is 1.57. The molecular weight excluding hydrogens is 280 g/mol. The van der Waals surface area contributed by atoms with E-state index in [0.717, 1.165) is 29.2 Å². The van der Waals surface area contributed by atoms with Gasteiger partial charge in [-0.2, -0.15) is 0 Å². The summed E-state index contributed by atoms with van der Waals surface area (Å²) < 4.78 is 11.2. The van der Waals surface area contributed by atoms with Gasteiger partial charge in [0.05, 0.1) is 13.2 Å². The van der Waals surface area contributed by atoms with Gasteiger partial charge in [0, 0.05) is 18.7 Å². The SMILES string of the molecule is O=C(NCc1ccc2c(c1)OCCCO2)Nc1ccccc1. The predicted octanol–water partition coefficient (Wildman–Crippen LogP) is 3.17. The van der Waals surface area contributed by atoms with Crippen molar-refractivity contribution in [2.45, 2.75) is 13.0 Å². The highest BCUT2D eigenvalue weighted by atomic mass is 16.5. The molecule has 2 amide bonds. The lowest BCUT2D eigenvalue weighted by Crippen LogP contribution is -2.28. The van der Waals surface area contributed by atoms with Crippen LogP contribution in [0.2, 0.25) is 0 Å². The predicted molar refractivity (Wildman–Crippen MR) is 84.3 cm³/mol. The van der Waals surface area contributed by atoms with Crippen molar-refractivity contribution in [2.75, 3.05) is 18.5 Å². The van der Waals surface area contributed by atoms with Crippen LogP contribution in [0.5, 0.6) is 11.5 Å². The number of amides is 2. The lowest BCUT2D eigenvalue weighted by molar-refractivity contribution is 0.251. The zero-order valence-corrected chi connectivity index (χ0v) is 12.2. The van der Waals surface area contributed by atoms with Crippen LogP contribution in [0, 0.1) is 0 Å². The van der Waals surface area contributed by atoms with Crippen LogP contribution < -0.4 is 20.1 Å². The summed E-state index contributed by atoms with van der Waals surface area (Å²) in [5.41, 5.74) is 1.73. The van der Waals surface area contributed by atoms with E-state index in [1.165, 1.54) is 0 Å². The van der Waals surface area contributed by atoms with Crippen molar-refractivity contribution >= 4 is 11.7 Å². The number of nitrogens with one attached hydrogen (secondary N) is 2. The highest BCUT2D eigenvalue weighted by Crippen LogP contribution is 2.30. The van der Waals surface area contributed by atoms with E-state index in [4.69, 9.17) is 9.47 Å². The molecule has 5 heteroatoms. The zero-order valence-electron chi connectivity index (χ0n) is 12.2. The zero-order chi connectivity index (χ0) is 15.2. The van der Waals surface area contributed by atoms with Gasteiger partial charge in [-0.3, -0.25) is 0 Å². The maximum atomic E-state index is 11.9. The molecule has 22 heavy (non-hydrogen) atoms. The van der Waals surface area contributed by atoms with Crippen LogP contribution in [0.3, 0.4) is 0 Å². The van der Waals surface area contributed by atoms with E-state index in [9.17, 15) is 4.79 Å². The molecule has 0 bridgehead atoms. The Hall–Kier alpha value is -2.69. The molecule has 1 aliphatic rings. The van der Waals surface area contributed by atoms with Crippen molar-refractivity contribution in [3.05, 3.63) is 54.1 Å². The first-order chi connectivity index (χ1) is 10.8. The summed E-state index contributed by atoms with van der Waals surface area (Å²) in [6.07, 6.45) is 0.877. The lowest BCUT2D eigenvalue weighted by atomic mass is 10.2. The summed E-state index contributed by atoms with van der Waals surface area (Å²) in [6.45, 7) is 1.75. The minimum absolute atomic E-state index is 0.238. The molecule has 0 radical (unpaired) electrons. The smallest absolute Gasteiger partial charge is 0.319 e. The van der Waals surface area contributed by atoms with Crippen LogP contribution in [-0.2, 0) is 6.54 Å². The van der Waals surface area contributed by atoms with Crippen molar-refractivity contribution in [1.29, 1.82) is 0 Å². The van der Waals surface area contributed by atoms with Crippen molar-refractivity contribution in [3.63, 3.8) is 0 Å². The molecule has 114 valence electrons. The Morgan fingerprint density at radius 2 is 1.77 bits per heavy atom. The van der Waals surface area contributed by atoms with Gasteiger partial charge in [0.25, 0.3) is 0 Å². The number of carbonyl (C=O) groups excluding carboxylic acids is 1. The molecule has 2 N–H and O–H groups in total. The minimum atomic E-state index is -0.238. The van der Waals surface area contributed by atoms with Gasteiger partial charge < -0.3 is 20.1 Å². The summed E-state index contributed by atoms with van der Waals surface area (Å²) in [5, 5.41) is 5.60. The quantitative estimate of drug-likeness (QED) is 0.915. The summed E-state index contributed by atoms with van der Waals surface area (Å²) in [7, 11) is 0. The lowest BCUT2D eigenvalue weighted by Gasteiger charge is -2.11. The standard InChI is InChI=1S/C17H18N2O3/c20-17(19-14-5-2-1-3-6-14)18-12-13-7-8-15-16(11-13)22-10-4-9-21-15/h1-3,5-8,11H,4,9-10,12H2,(H2,18,19,20). The number of rotatable bonds is 3. The molecule has 3 rings (SSSR count). The summed E-state index contributed by atoms with van der Waals surface area (Å²) in [4.78, 5) is 11.9. The number of anilines is 1.